The van der Waals surface area contributed by atoms with Crippen molar-refractivity contribution in [3.05, 3.63) is 146 Å². The first-order valence-corrected chi connectivity index (χ1v) is 10.8. The molecule has 0 N–H and O–H groups in total. The largest absolute Gasteiger partial charge is 0.311 e. The van der Waals surface area contributed by atoms with E-state index < -0.39 is 0 Å². The maximum absolute atomic E-state index is 3.72. The molecule has 156 valence electrons. The van der Waals surface area contributed by atoms with Crippen molar-refractivity contribution < 1.29 is 0 Å². The zero-order valence-electron chi connectivity index (χ0n) is 18.4. The minimum absolute atomic E-state index is 1.13. The first-order valence-electron chi connectivity index (χ1n) is 10.8. The molecule has 0 fully saturated rings. The van der Waals surface area contributed by atoms with Crippen LogP contribution in [0.15, 0.2) is 140 Å². The van der Waals surface area contributed by atoms with Crippen LogP contribution in [-0.2, 0) is 0 Å². The van der Waals surface area contributed by atoms with Gasteiger partial charge in [0.15, 0.2) is 0 Å². The highest BCUT2D eigenvalue weighted by Gasteiger charge is 2.12. The lowest BCUT2D eigenvalue weighted by molar-refractivity contribution is 1.28. The lowest BCUT2D eigenvalue weighted by atomic mass is 10.0. The van der Waals surface area contributed by atoms with Gasteiger partial charge < -0.3 is 4.90 Å². The molecule has 0 spiro atoms. The van der Waals surface area contributed by atoms with E-state index in [-0.39, 0.29) is 0 Å². The highest BCUT2D eigenvalue weighted by atomic mass is 15.1. The van der Waals surface area contributed by atoms with Gasteiger partial charge in [-0.15, -0.1) is 0 Å². The standard InChI is InChI=1S/C31H27N/c1-3-4-7-12-25(2)26-17-21-30(22-18-26)32(29-15-10-6-11-16-29)31-23-19-28(20-24-31)27-13-8-5-9-14-27/h3-24H,1H2,2H3/b7-4-,25-12+. The molecule has 4 aromatic carbocycles. The van der Waals surface area contributed by atoms with Crippen LogP contribution in [0.3, 0.4) is 0 Å². The molecular weight excluding hydrogens is 386 g/mol. The van der Waals surface area contributed by atoms with Crippen LogP contribution in [0.4, 0.5) is 17.1 Å². The van der Waals surface area contributed by atoms with Gasteiger partial charge in [-0.2, -0.15) is 0 Å². The highest BCUT2D eigenvalue weighted by molar-refractivity contribution is 5.79. The minimum atomic E-state index is 1.13. The molecule has 0 saturated heterocycles. The molecular formula is C31H27N. The molecule has 0 aliphatic rings. The summed E-state index contributed by atoms with van der Waals surface area (Å²) in [5, 5.41) is 0. The number of anilines is 3. The highest BCUT2D eigenvalue weighted by Crippen LogP contribution is 2.36. The summed E-state index contributed by atoms with van der Waals surface area (Å²) in [5.41, 5.74) is 8.25. The van der Waals surface area contributed by atoms with Crippen molar-refractivity contribution in [1.29, 1.82) is 0 Å². The van der Waals surface area contributed by atoms with E-state index in [2.05, 4.69) is 122 Å². The van der Waals surface area contributed by atoms with E-state index in [9.17, 15) is 0 Å². The van der Waals surface area contributed by atoms with Crippen LogP contribution < -0.4 is 4.90 Å². The predicted octanol–water partition coefficient (Wildman–Crippen LogP) is 8.97. The topological polar surface area (TPSA) is 3.24 Å². The molecule has 0 aliphatic heterocycles. The van der Waals surface area contributed by atoms with Gasteiger partial charge in [0.2, 0.25) is 0 Å². The van der Waals surface area contributed by atoms with Crippen molar-refractivity contribution in [2.45, 2.75) is 6.92 Å². The van der Waals surface area contributed by atoms with E-state index in [1.165, 1.54) is 22.3 Å². The van der Waals surface area contributed by atoms with Crippen molar-refractivity contribution >= 4 is 22.6 Å². The van der Waals surface area contributed by atoms with Gasteiger partial charge in [-0.05, 0) is 65.6 Å². The van der Waals surface area contributed by atoms with Crippen molar-refractivity contribution in [2.75, 3.05) is 4.90 Å². The second-order valence-electron chi connectivity index (χ2n) is 7.60. The summed E-state index contributed by atoms with van der Waals surface area (Å²) in [6.07, 6.45) is 7.84. The van der Waals surface area contributed by atoms with E-state index in [0.717, 1.165) is 17.1 Å². The Kier molecular flexibility index (Phi) is 6.79. The molecule has 4 rings (SSSR count). The van der Waals surface area contributed by atoms with Crippen LogP contribution in [0.5, 0.6) is 0 Å². The second-order valence-corrected chi connectivity index (χ2v) is 7.60. The summed E-state index contributed by atoms with van der Waals surface area (Å²) in [7, 11) is 0. The normalized spacial score (nSPS) is 11.5. The first-order chi connectivity index (χ1) is 15.8. The van der Waals surface area contributed by atoms with E-state index in [1.54, 1.807) is 6.08 Å². The van der Waals surface area contributed by atoms with Crippen LogP contribution in [0.25, 0.3) is 16.7 Å². The van der Waals surface area contributed by atoms with Gasteiger partial charge in [0.25, 0.3) is 0 Å². The van der Waals surface area contributed by atoms with Crippen LogP contribution in [-0.4, -0.2) is 0 Å². The summed E-state index contributed by atoms with van der Waals surface area (Å²) in [4.78, 5) is 2.29. The Labute approximate surface area is 191 Å². The Morgan fingerprint density at radius 3 is 1.69 bits per heavy atom. The van der Waals surface area contributed by atoms with Crippen LogP contribution in [0.2, 0.25) is 0 Å². The molecule has 0 bridgehead atoms. The van der Waals surface area contributed by atoms with Gasteiger partial charge in [-0.3, -0.25) is 0 Å². The fourth-order valence-corrected chi connectivity index (χ4v) is 3.71. The molecule has 4 aromatic rings. The third-order valence-electron chi connectivity index (χ3n) is 5.42. The molecule has 0 atom stereocenters. The maximum Gasteiger partial charge on any atom is 0.0462 e. The smallest absolute Gasteiger partial charge is 0.0462 e. The Morgan fingerprint density at radius 1 is 0.594 bits per heavy atom. The summed E-state index contributed by atoms with van der Waals surface area (Å²) >= 11 is 0. The molecule has 1 heteroatoms. The molecule has 0 heterocycles. The zero-order chi connectivity index (χ0) is 22.2. The number of para-hydroxylation sites is 1. The number of benzene rings is 4. The fraction of sp³-hybridized carbons (Fsp3) is 0.0323. The predicted molar refractivity (Wildman–Crippen MR) is 140 cm³/mol. The monoisotopic (exact) mass is 413 g/mol. The average molecular weight is 414 g/mol. The zero-order valence-corrected chi connectivity index (χ0v) is 18.4. The SMILES string of the molecule is C=C/C=C\C=C(/C)c1ccc(N(c2ccccc2)c2ccc(-c3ccccc3)cc2)cc1. The summed E-state index contributed by atoms with van der Waals surface area (Å²) < 4.78 is 0. The van der Waals surface area contributed by atoms with Crippen molar-refractivity contribution in [1.82, 2.24) is 0 Å². The summed E-state index contributed by atoms with van der Waals surface area (Å²) in [6, 6.07) is 38.4. The lowest BCUT2D eigenvalue weighted by Gasteiger charge is -2.26. The van der Waals surface area contributed by atoms with Crippen LogP contribution in [0, 0.1) is 0 Å². The molecule has 32 heavy (non-hydrogen) atoms. The number of allylic oxidation sites excluding steroid dienone is 5. The third-order valence-corrected chi connectivity index (χ3v) is 5.42. The maximum atomic E-state index is 3.72. The van der Waals surface area contributed by atoms with Gasteiger partial charge in [0.1, 0.15) is 0 Å². The van der Waals surface area contributed by atoms with Gasteiger partial charge in [-0.25, -0.2) is 0 Å². The Morgan fingerprint density at radius 2 is 1.09 bits per heavy atom. The first kappa shape index (κ1) is 21.1. The Balaban J connectivity index is 1.69. The number of rotatable bonds is 7. The van der Waals surface area contributed by atoms with E-state index in [0.29, 0.717) is 0 Å². The molecule has 0 amide bonds. The van der Waals surface area contributed by atoms with Crippen LogP contribution >= 0.6 is 0 Å². The lowest BCUT2D eigenvalue weighted by Crippen LogP contribution is -2.09. The Bertz CT molecular complexity index is 1200. The Hall–Kier alpha value is -4.10. The average Bonchev–Trinajstić information content (AvgIpc) is 2.86. The van der Waals surface area contributed by atoms with Crippen molar-refractivity contribution in [3.8, 4) is 11.1 Å². The van der Waals surface area contributed by atoms with E-state index in [1.807, 2.05) is 24.3 Å². The van der Waals surface area contributed by atoms with Gasteiger partial charge >= 0.3 is 0 Å². The van der Waals surface area contributed by atoms with E-state index in [4.69, 9.17) is 0 Å². The molecule has 0 radical (unpaired) electrons. The van der Waals surface area contributed by atoms with Crippen LogP contribution in [0.1, 0.15) is 12.5 Å². The van der Waals surface area contributed by atoms with Crippen molar-refractivity contribution in [2.24, 2.45) is 0 Å². The molecule has 1 nitrogen and oxygen atoms in total. The van der Waals surface area contributed by atoms with E-state index >= 15 is 0 Å². The number of hydrogen-bond acceptors (Lipinski definition) is 1. The van der Waals surface area contributed by atoms with Gasteiger partial charge in [0.05, 0.1) is 0 Å². The molecule has 0 unspecified atom stereocenters. The quantitative estimate of drug-likeness (QED) is 0.273. The van der Waals surface area contributed by atoms with Gasteiger partial charge in [-0.1, -0.05) is 104 Å². The summed E-state index contributed by atoms with van der Waals surface area (Å²) in [6.45, 7) is 5.84. The van der Waals surface area contributed by atoms with Crippen molar-refractivity contribution in [3.63, 3.8) is 0 Å². The van der Waals surface area contributed by atoms with Gasteiger partial charge in [0, 0.05) is 17.1 Å². The summed E-state index contributed by atoms with van der Waals surface area (Å²) in [5.74, 6) is 0. The minimum Gasteiger partial charge on any atom is -0.311 e. The molecule has 0 saturated carbocycles. The number of nitrogens with zero attached hydrogens (tertiary/aromatic N) is 1. The fourth-order valence-electron chi connectivity index (χ4n) is 3.71. The third kappa shape index (κ3) is 4.96. The molecule has 0 aliphatic carbocycles. The number of hydrogen-bond donors (Lipinski definition) is 0. The molecule has 0 aromatic heterocycles. The second kappa shape index (κ2) is 10.3.